The minimum absolute atomic E-state index is 0.107. The Hall–Kier alpha value is -3.09. The van der Waals surface area contributed by atoms with Crippen LogP contribution in [0.3, 0.4) is 0 Å². The highest BCUT2D eigenvalue weighted by atomic mass is 16.5. The van der Waals surface area contributed by atoms with Crippen LogP contribution in [-0.2, 0) is 19.2 Å². The summed E-state index contributed by atoms with van der Waals surface area (Å²) in [5, 5.41) is 11.2. The Morgan fingerprint density at radius 1 is 1.19 bits per heavy atom. The fourth-order valence-corrected chi connectivity index (χ4v) is 2.55. The van der Waals surface area contributed by atoms with Crippen LogP contribution in [0, 0.1) is 6.92 Å². The van der Waals surface area contributed by atoms with Crippen LogP contribution in [-0.4, -0.2) is 25.5 Å². The van der Waals surface area contributed by atoms with Crippen molar-refractivity contribution in [1.29, 1.82) is 0 Å². The normalized spacial score (nSPS) is 11.4. The fourth-order valence-electron chi connectivity index (χ4n) is 2.55. The van der Waals surface area contributed by atoms with E-state index in [1.165, 1.54) is 5.56 Å². The Morgan fingerprint density at radius 3 is 2.48 bits per heavy atom. The molecule has 0 aliphatic carbocycles. The van der Waals surface area contributed by atoms with Gasteiger partial charge in [0.15, 0.2) is 12.4 Å². The minimum Gasteiger partial charge on any atom is -0.471 e. The number of ether oxygens (including phenoxy) is 1. The van der Waals surface area contributed by atoms with Crippen LogP contribution in [0.4, 0.5) is 5.69 Å². The summed E-state index contributed by atoms with van der Waals surface area (Å²) in [6, 6.07) is 9.68. The Labute approximate surface area is 159 Å². The van der Waals surface area contributed by atoms with Gasteiger partial charge in [-0.3, -0.25) is 9.48 Å². The van der Waals surface area contributed by atoms with E-state index < -0.39 is 0 Å². The van der Waals surface area contributed by atoms with Gasteiger partial charge in [0, 0.05) is 13.2 Å². The number of hydrogen-bond donors (Lipinski definition) is 1. The van der Waals surface area contributed by atoms with Crippen molar-refractivity contribution in [2.75, 3.05) is 5.32 Å². The standard InChI is InChI=1S/C20H25N5O2/c1-14-18(12-21-24(14)5)22-19(26)17-10-11-25(23-17)13-27-16-8-6-15(7-9-16)20(2,3)4/h6-12H,13H2,1-5H3,(H,22,26). The Kier molecular flexibility index (Phi) is 5.03. The van der Waals surface area contributed by atoms with Gasteiger partial charge in [0.05, 0.1) is 17.6 Å². The van der Waals surface area contributed by atoms with Gasteiger partial charge in [0.2, 0.25) is 0 Å². The molecule has 3 aromatic rings. The van der Waals surface area contributed by atoms with Gasteiger partial charge in [-0.05, 0) is 36.1 Å². The van der Waals surface area contributed by atoms with Crippen molar-refractivity contribution < 1.29 is 9.53 Å². The van der Waals surface area contributed by atoms with Crippen molar-refractivity contribution >= 4 is 11.6 Å². The number of aryl methyl sites for hydroxylation is 1. The van der Waals surface area contributed by atoms with E-state index in [4.69, 9.17) is 4.74 Å². The SMILES string of the molecule is Cc1c(NC(=O)c2ccn(COc3ccc(C(C)(C)C)cc3)n2)cnn1C. The van der Waals surface area contributed by atoms with Crippen molar-refractivity contribution in [2.45, 2.75) is 39.8 Å². The van der Waals surface area contributed by atoms with Crippen molar-refractivity contribution in [3.8, 4) is 5.75 Å². The van der Waals surface area contributed by atoms with Gasteiger partial charge in [-0.1, -0.05) is 32.9 Å². The van der Waals surface area contributed by atoms with Crippen molar-refractivity contribution in [3.05, 3.63) is 59.7 Å². The molecule has 7 heteroatoms. The summed E-state index contributed by atoms with van der Waals surface area (Å²) in [5.41, 5.74) is 3.23. The molecule has 0 fully saturated rings. The number of hydrogen-bond acceptors (Lipinski definition) is 4. The Morgan fingerprint density at radius 2 is 1.89 bits per heavy atom. The Balaban J connectivity index is 1.59. The van der Waals surface area contributed by atoms with Crippen LogP contribution in [0.15, 0.2) is 42.7 Å². The second kappa shape index (κ2) is 7.26. The molecule has 0 saturated heterocycles. The molecular formula is C20H25N5O2. The molecule has 0 aliphatic rings. The first-order chi connectivity index (χ1) is 12.7. The summed E-state index contributed by atoms with van der Waals surface area (Å²) in [6.45, 7) is 8.64. The highest BCUT2D eigenvalue weighted by molar-refractivity contribution is 6.03. The van der Waals surface area contributed by atoms with Gasteiger partial charge in [0.1, 0.15) is 5.75 Å². The molecular weight excluding hydrogens is 342 g/mol. The summed E-state index contributed by atoms with van der Waals surface area (Å²) >= 11 is 0. The predicted octanol–water partition coefficient (Wildman–Crippen LogP) is 3.51. The molecule has 1 N–H and O–H groups in total. The van der Waals surface area contributed by atoms with Crippen molar-refractivity contribution in [1.82, 2.24) is 19.6 Å². The monoisotopic (exact) mass is 367 g/mol. The van der Waals surface area contributed by atoms with E-state index in [1.807, 2.05) is 26.1 Å². The molecule has 142 valence electrons. The smallest absolute Gasteiger partial charge is 0.276 e. The predicted molar refractivity (Wildman–Crippen MR) is 104 cm³/mol. The zero-order valence-corrected chi connectivity index (χ0v) is 16.4. The van der Waals surface area contributed by atoms with Crippen LogP contribution >= 0.6 is 0 Å². The highest BCUT2D eigenvalue weighted by Crippen LogP contribution is 2.24. The third-order valence-electron chi connectivity index (χ3n) is 4.44. The van der Waals surface area contributed by atoms with E-state index >= 15 is 0 Å². The summed E-state index contributed by atoms with van der Waals surface area (Å²) in [4.78, 5) is 12.3. The zero-order chi connectivity index (χ0) is 19.6. The zero-order valence-electron chi connectivity index (χ0n) is 16.4. The molecule has 2 heterocycles. The number of aromatic nitrogens is 4. The number of carbonyl (C=O) groups excluding carboxylic acids is 1. The van der Waals surface area contributed by atoms with Gasteiger partial charge in [-0.25, -0.2) is 4.68 Å². The lowest BCUT2D eigenvalue weighted by atomic mass is 9.87. The number of benzene rings is 1. The fraction of sp³-hybridized carbons (Fsp3) is 0.350. The van der Waals surface area contributed by atoms with Gasteiger partial charge in [0.25, 0.3) is 5.91 Å². The maximum atomic E-state index is 12.3. The molecule has 0 aliphatic heterocycles. The summed E-state index contributed by atoms with van der Waals surface area (Å²) in [6.07, 6.45) is 3.34. The number of nitrogens with zero attached hydrogens (tertiary/aromatic N) is 4. The van der Waals surface area contributed by atoms with Crippen molar-refractivity contribution in [2.24, 2.45) is 7.05 Å². The molecule has 3 rings (SSSR count). The second-order valence-corrected chi connectivity index (χ2v) is 7.51. The molecule has 1 amide bonds. The highest BCUT2D eigenvalue weighted by Gasteiger charge is 2.14. The van der Waals surface area contributed by atoms with Crippen LogP contribution in [0.2, 0.25) is 0 Å². The van der Waals surface area contributed by atoms with Crippen LogP contribution < -0.4 is 10.1 Å². The number of carbonyl (C=O) groups is 1. The van der Waals surface area contributed by atoms with Crippen molar-refractivity contribution in [3.63, 3.8) is 0 Å². The van der Waals surface area contributed by atoms with E-state index in [0.717, 1.165) is 11.4 Å². The third-order valence-corrected chi connectivity index (χ3v) is 4.44. The van der Waals surface area contributed by atoms with Gasteiger partial charge < -0.3 is 10.1 Å². The average Bonchev–Trinajstić information content (AvgIpc) is 3.22. The third kappa shape index (κ3) is 4.36. The van der Waals surface area contributed by atoms with E-state index in [0.29, 0.717) is 11.4 Å². The summed E-state index contributed by atoms with van der Waals surface area (Å²) < 4.78 is 9.04. The number of anilines is 1. The topological polar surface area (TPSA) is 74.0 Å². The summed E-state index contributed by atoms with van der Waals surface area (Å²) in [5.74, 6) is 0.481. The lowest BCUT2D eigenvalue weighted by Gasteiger charge is -2.19. The molecule has 7 nitrogen and oxygen atoms in total. The van der Waals surface area contributed by atoms with E-state index in [9.17, 15) is 4.79 Å². The maximum Gasteiger partial charge on any atom is 0.276 e. The lowest BCUT2D eigenvalue weighted by Crippen LogP contribution is -2.14. The van der Waals surface area contributed by atoms with Gasteiger partial charge in [-0.2, -0.15) is 10.2 Å². The minimum atomic E-state index is -0.278. The van der Waals surface area contributed by atoms with E-state index in [-0.39, 0.29) is 18.1 Å². The first kappa shape index (κ1) is 18.7. The second-order valence-electron chi connectivity index (χ2n) is 7.51. The van der Waals surface area contributed by atoms with Crippen LogP contribution in [0.1, 0.15) is 42.5 Å². The molecule has 27 heavy (non-hydrogen) atoms. The van der Waals surface area contributed by atoms with E-state index in [2.05, 4.69) is 48.4 Å². The van der Waals surface area contributed by atoms with Crippen LogP contribution in [0.5, 0.6) is 5.75 Å². The van der Waals surface area contributed by atoms with E-state index in [1.54, 1.807) is 27.8 Å². The number of nitrogens with one attached hydrogen (secondary N) is 1. The molecule has 0 spiro atoms. The van der Waals surface area contributed by atoms with Crippen LogP contribution in [0.25, 0.3) is 0 Å². The molecule has 2 aromatic heterocycles. The maximum absolute atomic E-state index is 12.3. The van der Waals surface area contributed by atoms with Gasteiger partial charge in [-0.15, -0.1) is 0 Å². The largest absolute Gasteiger partial charge is 0.471 e. The number of amides is 1. The average molecular weight is 367 g/mol. The molecule has 0 atom stereocenters. The number of rotatable bonds is 5. The first-order valence-electron chi connectivity index (χ1n) is 8.81. The molecule has 0 bridgehead atoms. The quantitative estimate of drug-likeness (QED) is 0.749. The van der Waals surface area contributed by atoms with Gasteiger partial charge >= 0.3 is 0 Å². The molecule has 0 radical (unpaired) electrons. The molecule has 1 aromatic carbocycles. The lowest BCUT2D eigenvalue weighted by molar-refractivity contribution is 0.102. The summed E-state index contributed by atoms with van der Waals surface area (Å²) in [7, 11) is 1.82. The Bertz CT molecular complexity index is 932. The molecule has 0 saturated carbocycles. The first-order valence-corrected chi connectivity index (χ1v) is 8.81. The molecule has 0 unspecified atom stereocenters.